The summed E-state index contributed by atoms with van der Waals surface area (Å²) in [6.45, 7) is 1.08. The molecule has 1 unspecified atom stereocenters. The van der Waals surface area contributed by atoms with Crippen LogP contribution >= 0.6 is 0 Å². The van der Waals surface area contributed by atoms with Crippen molar-refractivity contribution < 1.29 is 34.6 Å². The molecule has 3 aromatic rings. The lowest BCUT2D eigenvalue weighted by Crippen LogP contribution is -2.41. The molecular formula is C21H21N5O8. The SMILES string of the molecule is Cc1nc(O)c2c(C(C[N+](=O)[O-])c3ccc(C(=O)N[C@@H](CCC(=O)O)C(=O)O)cc3)c[nH]c2n1. The van der Waals surface area contributed by atoms with E-state index < -0.39 is 47.7 Å². The molecule has 34 heavy (non-hydrogen) atoms. The van der Waals surface area contributed by atoms with E-state index in [1.54, 1.807) is 6.92 Å². The number of H-pyrrole nitrogens is 1. The number of carboxylic acids is 2. The second-order valence-electron chi connectivity index (χ2n) is 7.55. The Kier molecular flexibility index (Phi) is 7.04. The highest BCUT2D eigenvalue weighted by atomic mass is 16.6. The van der Waals surface area contributed by atoms with Gasteiger partial charge in [0.2, 0.25) is 12.4 Å². The van der Waals surface area contributed by atoms with E-state index in [9.17, 15) is 34.7 Å². The van der Waals surface area contributed by atoms with Crippen LogP contribution in [0.5, 0.6) is 5.88 Å². The van der Waals surface area contributed by atoms with E-state index in [2.05, 4.69) is 20.3 Å². The molecule has 1 aromatic carbocycles. The number of carbonyl (C=O) groups is 3. The number of benzene rings is 1. The molecule has 178 valence electrons. The molecule has 0 aliphatic heterocycles. The zero-order valence-electron chi connectivity index (χ0n) is 17.9. The van der Waals surface area contributed by atoms with Crippen molar-refractivity contribution in [3.63, 3.8) is 0 Å². The van der Waals surface area contributed by atoms with E-state index in [1.165, 1.54) is 30.5 Å². The number of aromatic nitrogens is 3. The molecule has 2 heterocycles. The van der Waals surface area contributed by atoms with Crippen LogP contribution in [-0.4, -0.2) is 65.6 Å². The maximum atomic E-state index is 12.5. The minimum atomic E-state index is -1.39. The Labute approximate surface area is 191 Å². The van der Waals surface area contributed by atoms with Crippen LogP contribution in [0.25, 0.3) is 11.0 Å². The molecule has 0 aliphatic rings. The largest absolute Gasteiger partial charge is 0.493 e. The molecule has 0 radical (unpaired) electrons. The maximum absolute atomic E-state index is 12.5. The van der Waals surface area contributed by atoms with Gasteiger partial charge < -0.3 is 25.6 Å². The summed E-state index contributed by atoms with van der Waals surface area (Å²) >= 11 is 0. The number of nitrogens with zero attached hydrogens (tertiary/aromatic N) is 3. The Morgan fingerprint density at radius 1 is 1.18 bits per heavy atom. The summed E-state index contributed by atoms with van der Waals surface area (Å²) in [7, 11) is 0. The van der Waals surface area contributed by atoms with E-state index in [1.807, 2.05) is 0 Å². The van der Waals surface area contributed by atoms with Crippen LogP contribution in [0.4, 0.5) is 0 Å². The first-order valence-corrected chi connectivity index (χ1v) is 10.1. The smallest absolute Gasteiger partial charge is 0.326 e. The number of rotatable bonds is 10. The lowest BCUT2D eigenvalue weighted by Gasteiger charge is -2.15. The van der Waals surface area contributed by atoms with Crippen molar-refractivity contribution in [1.29, 1.82) is 0 Å². The maximum Gasteiger partial charge on any atom is 0.326 e. The first-order valence-electron chi connectivity index (χ1n) is 10.1. The van der Waals surface area contributed by atoms with Crippen LogP contribution in [0, 0.1) is 17.0 Å². The summed E-state index contributed by atoms with van der Waals surface area (Å²) in [5, 5.41) is 42.1. The summed E-state index contributed by atoms with van der Waals surface area (Å²) in [5.41, 5.74) is 1.28. The number of fused-ring (bicyclic) bond motifs is 1. The quantitative estimate of drug-likeness (QED) is 0.212. The van der Waals surface area contributed by atoms with Gasteiger partial charge in [0, 0.05) is 23.1 Å². The molecule has 3 rings (SSSR count). The van der Waals surface area contributed by atoms with Crippen LogP contribution in [0.2, 0.25) is 0 Å². The van der Waals surface area contributed by atoms with Gasteiger partial charge in [0.05, 0.1) is 11.3 Å². The van der Waals surface area contributed by atoms with Gasteiger partial charge in [-0.3, -0.25) is 19.7 Å². The average molecular weight is 471 g/mol. The minimum absolute atomic E-state index is 0.0888. The molecule has 0 bridgehead atoms. The van der Waals surface area contributed by atoms with Gasteiger partial charge in [0.25, 0.3) is 5.91 Å². The number of aromatic amines is 1. The number of nitrogens with one attached hydrogen (secondary N) is 2. The van der Waals surface area contributed by atoms with Crippen LogP contribution < -0.4 is 5.32 Å². The van der Waals surface area contributed by atoms with E-state index in [0.29, 0.717) is 22.6 Å². The predicted molar refractivity (Wildman–Crippen MR) is 116 cm³/mol. The number of hydrogen-bond acceptors (Lipinski definition) is 8. The number of hydrogen-bond donors (Lipinski definition) is 5. The van der Waals surface area contributed by atoms with E-state index >= 15 is 0 Å². The lowest BCUT2D eigenvalue weighted by atomic mass is 9.91. The molecule has 0 aliphatic carbocycles. The molecule has 5 N–H and O–H groups in total. The molecule has 0 spiro atoms. The molecule has 2 atom stereocenters. The summed E-state index contributed by atoms with van der Waals surface area (Å²) < 4.78 is 0. The summed E-state index contributed by atoms with van der Waals surface area (Å²) in [5.74, 6) is -4.09. The lowest BCUT2D eigenvalue weighted by molar-refractivity contribution is -0.481. The topological polar surface area (TPSA) is 209 Å². The van der Waals surface area contributed by atoms with Crippen molar-refractivity contribution in [2.24, 2.45) is 0 Å². The predicted octanol–water partition coefficient (Wildman–Crippen LogP) is 1.43. The fourth-order valence-electron chi connectivity index (χ4n) is 3.59. The Morgan fingerprint density at radius 3 is 2.44 bits per heavy atom. The van der Waals surface area contributed by atoms with Crippen LogP contribution in [0.15, 0.2) is 30.5 Å². The van der Waals surface area contributed by atoms with Gasteiger partial charge in [0.15, 0.2) is 0 Å². The van der Waals surface area contributed by atoms with Gasteiger partial charge in [-0.05, 0) is 36.6 Å². The molecule has 0 fully saturated rings. The highest BCUT2D eigenvalue weighted by Gasteiger charge is 2.27. The number of amides is 1. The molecule has 2 aromatic heterocycles. The van der Waals surface area contributed by atoms with Crippen molar-refractivity contribution in [3.05, 3.63) is 63.1 Å². The number of aryl methyl sites for hydroxylation is 1. The summed E-state index contributed by atoms with van der Waals surface area (Å²) in [6.07, 6.45) is 0.789. The van der Waals surface area contributed by atoms with Crippen molar-refractivity contribution in [2.45, 2.75) is 31.7 Å². The van der Waals surface area contributed by atoms with Gasteiger partial charge in [-0.2, -0.15) is 4.98 Å². The Bertz CT molecular complexity index is 1250. The molecule has 0 saturated carbocycles. The van der Waals surface area contributed by atoms with Crippen molar-refractivity contribution in [2.75, 3.05) is 6.54 Å². The Morgan fingerprint density at radius 2 is 1.85 bits per heavy atom. The monoisotopic (exact) mass is 471 g/mol. The van der Waals surface area contributed by atoms with Gasteiger partial charge in [-0.25, -0.2) is 9.78 Å². The number of aromatic hydroxyl groups is 1. The third kappa shape index (κ3) is 5.43. The molecule has 0 saturated heterocycles. The average Bonchev–Trinajstić information content (AvgIpc) is 3.18. The van der Waals surface area contributed by atoms with E-state index in [0.717, 1.165) is 0 Å². The molecule has 13 heteroatoms. The zero-order chi connectivity index (χ0) is 25.0. The highest BCUT2D eigenvalue weighted by Crippen LogP contribution is 2.34. The highest BCUT2D eigenvalue weighted by molar-refractivity contribution is 5.96. The number of carboxylic acid groups (broad SMARTS) is 2. The Balaban J connectivity index is 1.88. The van der Waals surface area contributed by atoms with Gasteiger partial charge in [-0.1, -0.05) is 12.1 Å². The van der Waals surface area contributed by atoms with Crippen molar-refractivity contribution >= 4 is 28.9 Å². The number of aliphatic carboxylic acids is 2. The van der Waals surface area contributed by atoms with Gasteiger partial charge >= 0.3 is 11.9 Å². The van der Waals surface area contributed by atoms with Gasteiger partial charge in [-0.15, -0.1) is 0 Å². The van der Waals surface area contributed by atoms with Crippen LogP contribution in [0.3, 0.4) is 0 Å². The Hall–Kier alpha value is -4.55. The zero-order valence-corrected chi connectivity index (χ0v) is 17.9. The second kappa shape index (κ2) is 9.94. The van der Waals surface area contributed by atoms with E-state index in [-0.39, 0.29) is 23.3 Å². The third-order valence-corrected chi connectivity index (χ3v) is 5.19. The summed E-state index contributed by atoms with van der Waals surface area (Å²) in [6, 6.07) is 4.34. The minimum Gasteiger partial charge on any atom is -0.493 e. The standard InChI is InChI=1S/C21H21N5O8/c1-10-23-18-17(20(30)24-10)13(8-22-18)14(9-26(33)34)11-2-4-12(5-3-11)19(29)25-15(21(31)32)6-7-16(27)28/h2-5,8,14-15H,6-7,9H2,1H3,(H,25,29)(H,27,28)(H,31,32)(H2,22,23,24,30)/t14?,15-/m0/s1. The van der Waals surface area contributed by atoms with Crippen LogP contribution in [-0.2, 0) is 9.59 Å². The van der Waals surface area contributed by atoms with Gasteiger partial charge in [0.1, 0.15) is 17.5 Å². The van der Waals surface area contributed by atoms with Crippen molar-refractivity contribution in [3.8, 4) is 5.88 Å². The number of nitro groups is 1. The van der Waals surface area contributed by atoms with Crippen LogP contribution in [0.1, 0.15) is 46.1 Å². The molecule has 13 nitrogen and oxygen atoms in total. The fourth-order valence-corrected chi connectivity index (χ4v) is 3.59. The molecular weight excluding hydrogens is 450 g/mol. The third-order valence-electron chi connectivity index (χ3n) is 5.19. The normalized spacial score (nSPS) is 12.7. The summed E-state index contributed by atoms with van der Waals surface area (Å²) in [4.78, 5) is 56.3. The number of carbonyl (C=O) groups excluding carboxylic acids is 1. The van der Waals surface area contributed by atoms with Crippen molar-refractivity contribution in [1.82, 2.24) is 20.3 Å². The van der Waals surface area contributed by atoms with E-state index in [4.69, 9.17) is 5.11 Å². The first kappa shape index (κ1) is 24.1. The second-order valence-corrected chi connectivity index (χ2v) is 7.55. The fraction of sp³-hybridized carbons (Fsp3) is 0.286. The first-order chi connectivity index (χ1) is 16.1. The molecule has 1 amide bonds.